The van der Waals surface area contributed by atoms with Crippen molar-refractivity contribution < 1.29 is 14.3 Å². The number of ketones is 1. The molecule has 2 aromatic heterocycles. The normalized spacial score (nSPS) is 17.9. The zero-order valence-corrected chi connectivity index (χ0v) is 20.5. The number of hydrogen-bond donors (Lipinski definition) is 2. The zero-order valence-electron chi connectivity index (χ0n) is 20.5. The number of amides is 1. The van der Waals surface area contributed by atoms with Gasteiger partial charge < -0.3 is 20.4 Å². The van der Waals surface area contributed by atoms with Gasteiger partial charge in [-0.15, -0.1) is 0 Å². The quantitative estimate of drug-likeness (QED) is 0.404. The number of Topliss-reactive ketones (excluding diaryl/α,β-unsaturated/α-hetero) is 1. The number of hydrogen-bond acceptors (Lipinski definition) is 5. The van der Waals surface area contributed by atoms with Crippen molar-refractivity contribution in [3.63, 3.8) is 0 Å². The van der Waals surface area contributed by atoms with Crippen molar-refractivity contribution in [3.05, 3.63) is 76.2 Å². The van der Waals surface area contributed by atoms with Crippen LogP contribution in [0.15, 0.2) is 59.4 Å². The van der Waals surface area contributed by atoms with E-state index in [9.17, 15) is 14.4 Å². The number of rotatable bonds is 6. The fourth-order valence-electron chi connectivity index (χ4n) is 5.26. The third-order valence-corrected chi connectivity index (χ3v) is 7.30. The molecule has 8 nitrogen and oxygen atoms in total. The number of carbonyl (C=O) groups is 2. The summed E-state index contributed by atoms with van der Waals surface area (Å²) in [5.41, 5.74) is 7.56. The van der Waals surface area contributed by atoms with Crippen LogP contribution in [0, 0.1) is 0 Å². The van der Waals surface area contributed by atoms with E-state index in [1.54, 1.807) is 42.3 Å². The zero-order chi connectivity index (χ0) is 25.4. The highest BCUT2D eigenvalue weighted by atomic mass is 16.5. The van der Waals surface area contributed by atoms with Crippen LogP contribution < -0.4 is 16.0 Å². The third kappa shape index (κ3) is 4.07. The average Bonchev–Trinajstić information content (AvgIpc) is 3.31. The first-order valence-corrected chi connectivity index (χ1v) is 12.2. The van der Waals surface area contributed by atoms with E-state index in [0.717, 1.165) is 31.1 Å². The summed E-state index contributed by atoms with van der Waals surface area (Å²) in [6, 6.07) is 16.5. The van der Waals surface area contributed by atoms with Crippen LogP contribution in [-0.4, -0.2) is 52.4 Å². The van der Waals surface area contributed by atoms with Gasteiger partial charge in [0.25, 0.3) is 11.5 Å². The predicted octanol–water partition coefficient (Wildman–Crippen LogP) is 3.72. The molecule has 2 heterocycles. The molecule has 186 valence electrons. The number of ether oxygens (including phenoxy) is 1. The number of aromatic amines is 1. The van der Waals surface area contributed by atoms with Crippen molar-refractivity contribution in [2.45, 2.75) is 44.3 Å². The fraction of sp³-hybridized carbons (Fsp3) is 0.321. The van der Waals surface area contributed by atoms with Crippen molar-refractivity contribution in [2.75, 3.05) is 14.2 Å². The van der Waals surface area contributed by atoms with Crippen LogP contribution >= 0.6 is 0 Å². The van der Waals surface area contributed by atoms with Gasteiger partial charge in [0, 0.05) is 30.1 Å². The van der Waals surface area contributed by atoms with E-state index >= 15 is 0 Å². The van der Waals surface area contributed by atoms with E-state index in [1.807, 2.05) is 24.3 Å². The van der Waals surface area contributed by atoms with E-state index in [-0.39, 0.29) is 52.7 Å². The first kappa shape index (κ1) is 23.8. The molecule has 0 bridgehead atoms. The second kappa shape index (κ2) is 9.62. The Labute approximate surface area is 208 Å². The second-order valence-corrected chi connectivity index (χ2v) is 9.47. The van der Waals surface area contributed by atoms with E-state index in [2.05, 4.69) is 4.98 Å². The molecule has 0 radical (unpaired) electrons. The smallest absolute Gasteiger partial charge is 0.274 e. The molecule has 0 atom stereocenters. The van der Waals surface area contributed by atoms with Gasteiger partial charge in [0.15, 0.2) is 11.5 Å². The molecule has 4 aromatic rings. The number of nitrogens with zero attached hydrogens (tertiary/aromatic N) is 2. The van der Waals surface area contributed by atoms with Crippen LogP contribution in [-0.2, 0) is 6.54 Å². The summed E-state index contributed by atoms with van der Waals surface area (Å²) in [6.45, 7) is -0.126. The number of fused-ring (bicyclic) bond motifs is 3. The lowest BCUT2D eigenvalue weighted by molar-refractivity contribution is 0.0681. The molecule has 1 saturated carbocycles. The van der Waals surface area contributed by atoms with E-state index in [4.69, 9.17) is 10.5 Å². The highest BCUT2D eigenvalue weighted by molar-refractivity contribution is 6.11. The molecule has 0 aliphatic heterocycles. The minimum absolute atomic E-state index is 0.0744. The van der Waals surface area contributed by atoms with Gasteiger partial charge in [-0.1, -0.05) is 48.5 Å². The molecule has 5 rings (SSSR count). The number of nitrogens with two attached hydrogens (primary N) is 1. The molecule has 1 aliphatic carbocycles. The van der Waals surface area contributed by atoms with Crippen molar-refractivity contribution in [1.29, 1.82) is 0 Å². The third-order valence-electron chi connectivity index (χ3n) is 7.30. The molecule has 36 heavy (non-hydrogen) atoms. The Morgan fingerprint density at radius 2 is 1.72 bits per heavy atom. The molecule has 8 heteroatoms. The monoisotopic (exact) mass is 486 g/mol. The molecule has 0 unspecified atom stereocenters. The number of H-pyrrole nitrogens is 1. The van der Waals surface area contributed by atoms with Gasteiger partial charge in [0.05, 0.1) is 24.7 Å². The lowest BCUT2D eigenvalue weighted by Crippen LogP contribution is -2.42. The first-order valence-electron chi connectivity index (χ1n) is 12.2. The van der Waals surface area contributed by atoms with Crippen LogP contribution in [0.3, 0.4) is 0 Å². The van der Waals surface area contributed by atoms with Gasteiger partial charge in [-0.25, -0.2) is 0 Å². The number of methoxy groups -OCH3 is 1. The first-order chi connectivity index (χ1) is 17.4. The van der Waals surface area contributed by atoms with Crippen molar-refractivity contribution >= 4 is 33.5 Å². The Balaban J connectivity index is 1.63. The Kier molecular flexibility index (Phi) is 6.36. The standard InChI is InChI=1S/C28H30N4O4/c1-31(19-14-12-18(29)13-15-19)28(35)25-26(36-2)23-24(30-25)20-10-6-7-11-21(20)32(27(23)34)16-22(33)17-8-4-3-5-9-17/h3-11,18-19,30H,12-16,29H2,1-2H3. The largest absolute Gasteiger partial charge is 0.493 e. The summed E-state index contributed by atoms with van der Waals surface area (Å²) in [6.07, 6.45) is 3.42. The van der Waals surface area contributed by atoms with Crippen LogP contribution in [0.5, 0.6) is 5.75 Å². The van der Waals surface area contributed by atoms with Crippen LogP contribution in [0.1, 0.15) is 46.5 Å². The Morgan fingerprint density at radius 3 is 2.42 bits per heavy atom. The minimum atomic E-state index is -0.383. The summed E-state index contributed by atoms with van der Waals surface area (Å²) < 4.78 is 7.11. The highest BCUT2D eigenvalue weighted by Gasteiger charge is 2.31. The summed E-state index contributed by atoms with van der Waals surface area (Å²) in [4.78, 5) is 45.3. The molecule has 1 fully saturated rings. The Bertz CT molecular complexity index is 1500. The Hall–Kier alpha value is -3.91. The molecular formula is C28H30N4O4. The number of pyridine rings is 1. The van der Waals surface area contributed by atoms with Crippen LogP contribution in [0.4, 0.5) is 0 Å². The van der Waals surface area contributed by atoms with E-state index < -0.39 is 0 Å². The van der Waals surface area contributed by atoms with Gasteiger partial charge in [0.1, 0.15) is 11.1 Å². The van der Waals surface area contributed by atoms with Gasteiger partial charge >= 0.3 is 0 Å². The number of nitrogens with one attached hydrogen (secondary N) is 1. The van der Waals surface area contributed by atoms with Crippen molar-refractivity contribution in [2.24, 2.45) is 5.73 Å². The van der Waals surface area contributed by atoms with Gasteiger partial charge in [-0.3, -0.25) is 19.0 Å². The maximum absolute atomic E-state index is 13.8. The lowest BCUT2D eigenvalue weighted by atomic mass is 9.91. The van der Waals surface area contributed by atoms with E-state index in [0.29, 0.717) is 16.6 Å². The number of benzene rings is 2. The molecule has 2 aromatic carbocycles. The number of para-hydroxylation sites is 1. The molecule has 3 N–H and O–H groups in total. The maximum atomic E-state index is 13.8. The van der Waals surface area contributed by atoms with Crippen molar-refractivity contribution in [1.82, 2.24) is 14.5 Å². The average molecular weight is 487 g/mol. The summed E-state index contributed by atoms with van der Waals surface area (Å²) in [7, 11) is 3.23. The van der Waals surface area contributed by atoms with E-state index in [1.165, 1.54) is 11.7 Å². The number of carbonyl (C=O) groups excluding carboxylic acids is 2. The molecular weight excluding hydrogens is 456 g/mol. The molecule has 0 spiro atoms. The topological polar surface area (TPSA) is 110 Å². The van der Waals surface area contributed by atoms with Crippen molar-refractivity contribution in [3.8, 4) is 5.75 Å². The lowest BCUT2D eigenvalue weighted by Gasteiger charge is -2.33. The minimum Gasteiger partial charge on any atom is -0.493 e. The summed E-state index contributed by atoms with van der Waals surface area (Å²) in [5, 5.41) is 0.996. The summed E-state index contributed by atoms with van der Waals surface area (Å²) in [5.74, 6) is -0.215. The SMILES string of the molecule is COc1c(C(=O)N(C)C2CCC(N)CC2)[nH]c2c1c(=O)n(CC(=O)c1ccccc1)c1ccccc21. The van der Waals surface area contributed by atoms with Gasteiger partial charge in [-0.05, 0) is 31.7 Å². The van der Waals surface area contributed by atoms with Gasteiger partial charge in [-0.2, -0.15) is 0 Å². The fourth-order valence-corrected chi connectivity index (χ4v) is 5.26. The summed E-state index contributed by atoms with van der Waals surface area (Å²) >= 11 is 0. The molecule has 0 saturated heterocycles. The molecule has 1 amide bonds. The van der Waals surface area contributed by atoms with Gasteiger partial charge in [0.2, 0.25) is 0 Å². The van der Waals surface area contributed by atoms with Crippen LogP contribution in [0.25, 0.3) is 21.8 Å². The Morgan fingerprint density at radius 1 is 1.06 bits per heavy atom. The second-order valence-electron chi connectivity index (χ2n) is 9.47. The predicted molar refractivity (Wildman–Crippen MR) is 140 cm³/mol. The highest BCUT2D eigenvalue weighted by Crippen LogP contribution is 2.34. The molecule has 1 aliphatic rings. The number of aromatic nitrogens is 2. The maximum Gasteiger partial charge on any atom is 0.274 e. The van der Waals surface area contributed by atoms with Crippen LogP contribution in [0.2, 0.25) is 0 Å².